The largest absolute Gasteiger partial charge is 0.458 e. The SMILES string of the molecule is CC(C)(C)CC(C)(C(=O)OC1C2OC(=O)C3(C#N)CC4C1C4C23)C(C)(C)C. The van der Waals surface area contributed by atoms with Crippen LogP contribution in [0.2, 0.25) is 0 Å². The second kappa shape index (κ2) is 5.07. The van der Waals surface area contributed by atoms with Crippen LogP contribution in [0.25, 0.3) is 0 Å². The lowest BCUT2D eigenvalue weighted by molar-refractivity contribution is -0.180. The first-order chi connectivity index (χ1) is 12.3. The number of esters is 2. The number of carbonyl (C=O) groups is 2. The van der Waals surface area contributed by atoms with E-state index >= 15 is 0 Å². The molecule has 1 aliphatic heterocycles. The predicted molar refractivity (Wildman–Crippen MR) is 98.0 cm³/mol. The van der Waals surface area contributed by atoms with Crippen LogP contribution in [-0.4, -0.2) is 24.1 Å². The summed E-state index contributed by atoms with van der Waals surface area (Å²) >= 11 is 0. The van der Waals surface area contributed by atoms with E-state index in [-0.39, 0.29) is 34.7 Å². The van der Waals surface area contributed by atoms with Gasteiger partial charge in [0.1, 0.15) is 12.2 Å². The zero-order valence-corrected chi connectivity index (χ0v) is 17.5. The highest BCUT2D eigenvalue weighted by Crippen LogP contribution is 2.77. The zero-order valence-electron chi connectivity index (χ0n) is 17.5. The Bertz CT molecular complexity index is 754. The first-order valence-corrected chi connectivity index (χ1v) is 10.1. The molecule has 0 amide bonds. The van der Waals surface area contributed by atoms with Crippen molar-refractivity contribution in [2.75, 3.05) is 0 Å². The molecule has 0 aromatic carbocycles. The molecule has 8 unspecified atom stereocenters. The van der Waals surface area contributed by atoms with Crippen LogP contribution in [0.15, 0.2) is 0 Å². The highest BCUT2D eigenvalue weighted by Gasteiger charge is 2.84. The zero-order chi connectivity index (χ0) is 20.2. The maximum Gasteiger partial charge on any atom is 0.327 e. The summed E-state index contributed by atoms with van der Waals surface area (Å²) in [4.78, 5) is 25.8. The van der Waals surface area contributed by atoms with E-state index in [4.69, 9.17) is 9.47 Å². The number of ether oxygens (including phenoxy) is 2. The molecule has 0 N–H and O–H groups in total. The molecule has 148 valence electrons. The fourth-order valence-electron chi connectivity index (χ4n) is 6.29. The van der Waals surface area contributed by atoms with Crippen LogP contribution in [0, 0.1) is 56.7 Å². The molecule has 0 spiro atoms. The van der Waals surface area contributed by atoms with Crippen LogP contribution in [0.4, 0.5) is 0 Å². The van der Waals surface area contributed by atoms with Gasteiger partial charge in [-0.15, -0.1) is 0 Å². The molecule has 0 aromatic rings. The van der Waals surface area contributed by atoms with Gasteiger partial charge < -0.3 is 9.47 Å². The number of nitrogens with zero attached hydrogens (tertiary/aromatic N) is 1. The van der Waals surface area contributed by atoms with Gasteiger partial charge in [0.15, 0.2) is 5.41 Å². The number of fused-ring (bicyclic) bond motifs is 1. The third-order valence-corrected chi connectivity index (χ3v) is 7.93. The average Bonchev–Trinajstić information content (AvgIpc) is 2.81. The number of carbonyl (C=O) groups excluding carboxylic acids is 2. The molecule has 4 rings (SSSR count). The molecule has 3 aliphatic carbocycles. The highest BCUT2D eigenvalue weighted by molar-refractivity contribution is 5.85. The summed E-state index contributed by atoms with van der Waals surface area (Å²) in [6.45, 7) is 14.6. The van der Waals surface area contributed by atoms with E-state index in [1.54, 1.807) is 0 Å². The monoisotopic (exact) mass is 373 g/mol. The molecular weight excluding hydrogens is 342 g/mol. The summed E-state index contributed by atoms with van der Waals surface area (Å²) in [5, 5.41) is 9.65. The Morgan fingerprint density at radius 1 is 1.22 bits per heavy atom. The first-order valence-electron chi connectivity index (χ1n) is 10.1. The van der Waals surface area contributed by atoms with E-state index in [9.17, 15) is 14.9 Å². The lowest BCUT2D eigenvalue weighted by Gasteiger charge is -2.44. The van der Waals surface area contributed by atoms with Gasteiger partial charge in [-0.05, 0) is 42.4 Å². The van der Waals surface area contributed by atoms with Crippen LogP contribution >= 0.6 is 0 Å². The number of hydrogen-bond acceptors (Lipinski definition) is 5. The van der Waals surface area contributed by atoms with Crippen LogP contribution in [0.5, 0.6) is 0 Å². The smallest absolute Gasteiger partial charge is 0.327 e. The predicted octanol–water partition coefficient (Wildman–Crippen LogP) is 3.72. The summed E-state index contributed by atoms with van der Waals surface area (Å²) in [6.07, 6.45) is 0.461. The Morgan fingerprint density at radius 2 is 1.85 bits per heavy atom. The molecule has 5 heteroatoms. The van der Waals surface area contributed by atoms with Gasteiger partial charge in [-0.3, -0.25) is 9.59 Å². The molecule has 27 heavy (non-hydrogen) atoms. The minimum absolute atomic E-state index is 0.0202. The highest BCUT2D eigenvalue weighted by atomic mass is 16.6. The number of nitriles is 1. The summed E-state index contributed by atoms with van der Waals surface area (Å²) in [5.74, 6) is 0.207. The number of hydrogen-bond donors (Lipinski definition) is 0. The van der Waals surface area contributed by atoms with Gasteiger partial charge in [-0.2, -0.15) is 5.26 Å². The quantitative estimate of drug-likeness (QED) is 0.705. The third-order valence-electron chi connectivity index (χ3n) is 7.93. The Hall–Kier alpha value is -1.57. The van der Waals surface area contributed by atoms with E-state index in [0.29, 0.717) is 24.7 Å². The van der Waals surface area contributed by atoms with Crippen molar-refractivity contribution in [2.45, 2.75) is 73.5 Å². The van der Waals surface area contributed by atoms with Gasteiger partial charge in [0.05, 0.1) is 11.5 Å². The third kappa shape index (κ3) is 2.28. The molecule has 8 atom stereocenters. The summed E-state index contributed by atoms with van der Waals surface area (Å²) in [7, 11) is 0. The normalized spacial score (nSPS) is 43.6. The maximum absolute atomic E-state index is 13.4. The van der Waals surface area contributed by atoms with Crippen LogP contribution < -0.4 is 0 Å². The minimum atomic E-state index is -0.990. The molecule has 1 heterocycles. The van der Waals surface area contributed by atoms with Crippen molar-refractivity contribution in [1.29, 1.82) is 5.26 Å². The van der Waals surface area contributed by atoms with Crippen molar-refractivity contribution in [1.82, 2.24) is 0 Å². The Labute approximate surface area is 161 Å². The van der Waals surface area contributed by atoms with Gasteiger partial charge >= 0.3 is 11.9 Å². The Kier molecular flexibility index (Phi) is 3.53. The van der Waals surface area contributed by atoms with Crippen molar-refractivity contribution in [3.63, 3.8) is 0 Å². The van der Waals surface area contributed by atoms with Gasteiger partial charge in [0, 0.05) is 11.8 Å². The Morgan fingerprint density at radius 3 is 2.37 bits per heavy atom. The molecule has 0 aromatic heterocycles. The topological polar surface area (TPSA) is 76.4 Å². The van der Waals surface area contributed by atoms with Crippen molar-refractivity contribution in [2.24, 2.45) is 45.3 Å². The van der Waals surface area contributed by atoms with E-state index in [0.717, 1.165) is 0 Å². The average molecular weight is 373 g/mol. The summed E-state index contributed by atoms with van der Waals surface area (Å²) in [6, 6.07) is 2.25. The fraction of sp³-hybridized carbons (Fsp3) is 0.864. The van der Waals surface area contributed by atoms with E-state index in [1.807, 2.05) is 6.92 Å². The molecule has 3 saturated carbocycles. The van der Waals surface area contributed by atoms with Crippen LogP contribution in [0.1, 0.15) is 61.3 Å². The lowest BCUT2D eigenvalue weighted by Crippen LogP contribution is -2.47. The maximum atomic E-state index is 13.4. The van der Waals surface area contributed by atoms with Crippen molar-refractivity contribution < 1.29 is 19.1 Å². The molecule has 5 nitrogen and oxygen atoms in total. The fourth-order valence-corrected chi connectivity index (χ4v) is 6.29. The van der Waals surface area contributed by atoms with Crippen molar-refractivity contribution in [3.05, 3.63) is 0 Å². The molecule has 4 aliphatic rings. The first kappa shape index (κ1) is 18.8. The van der Waals surface area contributed by atoms with Gasteiger partial charge in [0.2, 0.25) is 0 Å². The van der Waals surface area contributed by atoms with Gasteiger partial charge in [-0.1, -0.05) is 41.5 Å². The standard InChI is InChI=1S/C22H31NO4/c1-19(2,3)9-21(7,20(4,5)6)17(24)26-15-13-11-8-22(10-23)14(12(11)13)16(15)27-18(22)25/h11-16H,8-9H2,1-7H3. The molecular formula is C22H31NO4. The minimum Gasteiger partial charge on any atom is -0.458 e. The lowest BCUT2D eigenvalue weighted by atomic mass is 9.61. The van der Waals surface area contributed by atoms with E-state index in [1.165, 1.54) is 0 Å². The van der Waals surface area contributed by atoms with E-state index in [2.05, 4.69) is 47.6 Å². The van der Waals surface area contributed by atoms with Crippen LogP contribution in [-0.2, 0) is 19.1 Å². The second-order valence-electron chi connectivity index (χ2n) is 11.7. The van der Waals surface area contributed by atoms with Crippen molar-refractivity contribution >= 4 is 11.9 Å². The number of rotatable bonds is 3. The Balaban J connectivity index is 1.59. The molecule has 1 saturated heterocycles. The molecule has 4 fully saturated rings. The molecule has 0 radical (unpaired) electrons. The van der Waals surface area contributed by atoms with E-state index < -0.39 is 22.9 Å². The summed E-state index contributed by atoms with van der Waals surface area (Å²) in [5.41, 5.74) is -1.92. The molecule has 0 bridgehead atoms. The van der Waals surface area contributed by atoms with Crippen molar-refractivity contribution in [3.8, 4) is 6.07 Å². The van der Waals surface area contributed by atoms with Crippen LogP contribution in [0.3, 0.4) is 0 Å². The second-order valence-corrected chi connectivity index (χ2v) is 11.7. The van der Waals surface area contributed by atoms with Gasteiger partial charge in [0.25, 0.3) is 0 Å². The summed E-state index contributed by atoms with van der Waals surface area (Å²) < 4.78 is 11.7. The van der Waals surface area contributed by atoms with Gasteiger partial charge in [-0.25, -0.2) is 0 Å².